The third-order valence-corrected chi connectivity index (χ3v) is 4.33. The molecule has 3 rings (SSSR count). The van der Waals surface area contributed by atoms with Crippen LogP contribution in [-0.2, 0) is 11.2 Å². The monoisotopic (exact) mass is 412 g/mol. The number of halogens is 2. The van der Waals surface area contributed by atoms with Crippen LogP contribution in [0, 0.1) is 21.7 Å². The highest BCUT2D eigenvalue weighted by molar-refractivity contribution is 5.78. The quantitative estimate of drug-likeness (QED) is 0.441. The molecular weight excluding hydrogens is 394 g/mol. The number of benzene rings is 3. The molecule has 8 heteroatoms. The average Bonchev–Trinajstić information content (AvgIpc) is 2.72. The SMILES string of the molecule is O=C(COc1ccc([N+](=O)[O-])cc1)NC(Cc1cccc(F)c1)c1cccc(F)c1. The molecule has 3 aromatic carbocycles. The lowest BCUT2D eigenvalue weighted by atomic mass is 9.98. The van der Waals surface area contributed by atoms with Gasteiger partial charge in [0.05, 0.1) is 11.0 Å². The molecule has 0 aliphatic heterocycles. The zero-order valence-electron chi connectivity index (χ0n) is 15.8. The maximum absolute atomic E-state index is 13.7. The number of nitrogens with one attached hydrogen (secondary N) is 1. The minimum absolute atomic E-state index is 0.0898. The van der Waals surface area contributed by atoms with Crippen LogP contribution < -0.4 is 10.1 Å². The molecule has 0 bridgehead atoms. The van der Waals surface area contributed by atoms with Crippen LogP contribution in [0.3, 0.4) is 0 Å². The first-order chi connectivity index (χ1) is 14.4. The number of hydrogen-bond acceptors (Lipinski definition) is 4. The van der Waals surface area contributed by atoms with Gasteiger partial charge < -0.3 is 10.1 Å². The zero-order chi connectivity index (χ0) is 21.5. The van der Waals surface area contributed by atoms with Crippen LogP contribution in [-0.4, -0.2) is 17.4 Å². The molecule has 6 nitrogen and oxygen atoms in total. The summed E-state index contributed by atoms with van der Waals surface area (Å²) >= 11 is 0. The van der Waals surface area contributed by atoms with Crippen LogP contribution in [0.25, 0.3) is 0 Å². The predicted octanol–water partition coefficient (Wildman–Crippen LogP) is 4.35. The van der Waals surface area contributed by atoms with E-state index in [1.54, 1.807) is 18.2 Å². The molecule has 154 valence electrons. The fraction of sp³-hybridized carbons (Fsp3) is 0.136. The Bertz CT molecular complexity index is 1040. The van der Waals surface area contributed by atoms with E-state index < -0.39 is 28.5 Å². The molecular formula is C22H18F2N2O4. The summed E-state index contributed by atoms with van der Waals surface area (Å²) in [5, 5.41) is 13.4. The number of amides is 1. The van der Waals surface area contributed by atoms with E-state index in [9.17, 15) is 23.7 Å². The Balaban J connectivity index is 1.68. The summed E-state index contributed by atoms with van der Waals surface area (Å²) in [6.45, 7) is -0.340. The largest absolute Gasteiger partial charge is 0.484 e. The van der Waals surface area contributed by atoms with Crippen molar-refractivity contribution in [3.05, 3.63) is 106 Å². The third-order valence-electron chi connectivity index (χ3n) is 4.33. The van der Waals surface area contributed by atoms with Gasteiger partial charge in [-0.1, -0.05) is 24.3 Å². The lowest BCUT2D eigenvalue weighted by Gasteiger charge is -2.20. The van der Waals surface area contributed by atoms with Crippen LogP contribution in [0.15, 0.2) is 72.8 Å². The Morgan fingerprint density at radius 3 is 2.30 bits per heavy atom. The van der Waals surface area contributed by atoms with E-state index in [1.165, 1.54) is 54.6 Å². The number of hydrogen-bond donors (Lipinski definition) is 1. The molecule has 0 saturated carbocycles. The number of carbonyl (C=O) groups excluding carboxylic acids is 1. The van der Waals surface area contributed by atoms with Crippen LogP contribution in [0.1, 0.15) is 17.2 Å². The van der Waals surface area contributed by atoms with Gasteiger partial charge in [-0.2, -0.15) is 0 Å². The van der Waals surface area contributed by atoms with Crippen molar-refractivity contribution in [2.75, 3.05) is 6.61 Å². The van der Waals surface area contributed by atoms with Crippen molar-refractivity contribution in [1.29, 1.82) is 0 Å². The highest BCUT2D eigenvalue weighted by Crippen LogP contribution is 2.21. The van der Waals surface area contributed by atoms with Crippen molar-refractivity contribution in [3.8, 4) is 5.75 Å². The molecule has 0 aliphatic rings. The molecule has 0 heterocycles. The molecule has 1 amide bonds. The fourth-order valence-electron chi connectivity index (χ4n) is 2.92. The van der Waals surface area contributed by atoms with E-state index in [0.29, 0.717) is 16.9 Å². The van der Waals surface area contributed by atoms with Crippen molar-refractivity contribution in [3.63, 3.8) is 0 Å². The minimum atomic E-state index is -0.601. The molecule has 1 atom stereocenters. The predicted molar refractivity (Wildman–Crippen MR) is 106 cm³/mol. The fourth-order valence-corrected chi connectivity index (χ4v) is 2.92. The number of ether oxygens (including phenoxy) is 1. The summed E-state index contributed by atoms with van der Waals surface area (Å²) in [4.78, 5) is 22.5. The van der Waals surface area contributed by atoms with Gasteiger partial charge in [0.1, 0.15) is 17.4 Å². The second-order valence-electron chi connectivity index (χ2n) is 6.55. The second-order valence-corrected chi connectivity index (χ2v) is 6.55. The van der Waals surface area contributed by atoms with E-state index >= 15 is 0 Å². The second kappa shape index (κ2) is 9.60. The van der Waals surface area contributed by atoms with Crippen molar-refractivity contribution >= 4 is 11.6 Å². The van der Waals surface area contributed by atoms with Crippen LogP contribution in [0.4, 0.5) is 14.5 Å². The molecule has 0 spiro atoms. The molecule has 0 radical (unpaired) electrons. The van der Waals surface area contributed by atoms with Crippen LogP contribution in [0.5, 0.6) is 5.75 Å². The van der Waals surface area contributed by atoms with E-state index in [0.717, 1.165) is 0 Å². The molecule has 1 unspecified atom stereocenters. The first kappa shape index (κ1) is 20.9. The molecule has 0 saturated heterocycles. The van der Waals surface area contributed by atoms with Crippen molar-refractivity contribution in [1.82, 2.24) is 5.32 Å². The maximum atomic E-state index is 13.7. The highest BCUT2D eigenvalue weighted by Gasteiger charge is 2.17. The standard InChI is InChI=1S/C22H18F2N2O4/c23-17-5-1-3-15(11-17)12-21(16-4-2-6-18(24)13-16)25-22(27)14-30-20-9-7-19(8-10-20)26(28)29/h1-11,13,21H,12,14H2,(H,25,27). The number of nitro benzene ring substituents is 1. The average molecular weight is 412 g/mol. The summed E-state index contributed by atoms with van der Waals surface area (Å²) in [5.74, 6) is -1.03. The molecule has 0 fully saturated rings. The zero-order valence-corrected chi connectivity index (χ0v) is 15.8. The number of rotatable bonds is 8. The van der Waals surface area contributed by atoms with Crippen molar-refractivity contribution in [2.24, 2.45) is 0 Å². The number of carbonyl (C=O) groups is 1. The molecule has 0 aliphatic carbocycles. The molecule has 30 heavy (non-hydrogen) atoms. The van der Waals surface area contributed by atoms with Crippen LogP contribution >= 0.6 is 0 Å². The lowest BCUT2D eigenvalue weighted by molar-refractivity contribution is -0.384. The Labute approximate surface area is 171 Å². The smallest absolute Gasteiger partial charge is 0.269 e. The van der Waals surface area contributed by atoms with E-state index in [1.807, 2.05) is 0 Å². The van der Waals surface area contributed by atoms with Crippen molar-refractivity contribution < 1.29 is 23.2 Å². The van der Waals surface area contributed by atoms with Gasteiger partial charge in [-0.15, -0.1) is 0 Å². The molecule has 1 N–H and O–H groups in total. The summed E-state index contributed by atoms with van der Waals surface area (Å²) in [7, 11) is 0. The normalized spacial score (nSPS) is 11.5. The van der Waals surface area contributed by atoms with Gasteiger partial charge in [-0.25, -0.2) is 8.78 Å². The Hall–Kier alpha value is -3.81. The maximum Gasteiger partial charge on any atom is 0.269 e. The van der Waals surface area contributed by atoms with Gasteiger partial charge >= 0.3 is 0 Å². The molecule has 0 aromatic heterocycles. The summed E-state index contributed by atoms with van der Waals surface area (Å²) in [6, 6.07) is 16.5. The van der Waals surface area contributed by atoms with Crippen molar-refractivity contribution in [2.45, 2.75) is 12.5 Å². The van der Waals surface area contributed by atoms with Gasteiger partial charge in [0.2, 0.25) is 0 Å². The van der Waals surface area contributed by atoms with Gasteiger partial charge in [0, 0.05) is 12.1 Å². The minimum Gasteiger partial charge on any atom is -0.484 e. The number of nitro groups is 1. The first-order valence-electron chi connectivity index (χ1n) is 9.07. The lowest BCUT2D eigenvalue weighted by Crippen LogP contribution is -2.33. The highest BCUT2D eigenvalue weighted by atomic mass is 19.1. The van der Waals surface area contributed by atoms with Gasteiger partial charge in [0.15, 0.2) is 6.61 Å². The van der Waals surface area contributed by atoms with Gasteiger partial charge in [0.25, 0.3) is 11.6 Å². The summed E-state index contributed by atoms with van der Waals surface area (Å²) < 4.78 is 32.6. The Morgan fingerprint density at radius 2 is 1.67 bits per heavy atom. The van der Waals surface area contributed by atoms with E-state index in [-0.39, 0.29) is 18.7 Å². The summed E-state index contributed by atoms with van der Waals surface area (Å²) in [5.41, 5.74) is 1.08. The third kappa shape index (κ3) is 5.84. The topological polar surface area (TPSA) is 81.5 Å². The van der Waals surface area contributed by atoms with Gasteiger partial charge in [-0.3, -0.25) is 14.9 Å². The number of non-ortho nitro benzene ring substituents is 1. The Kier molecular flexibility index (Phi) is 6.69. The first-order valence-corrected chi connectivity index (χ1v) is 9.07. The number of nitrogens with zero attached hydrogens (tertiary/aromatic N) is 1. The molecule has 3 aromatic rings. The van der Waals surface area contributed by atoms with Crippen LogP contribution in [0.2, 0.25) is 0 Å². The van der Waals surface area contributed by atoms with E-state index in [4.69, 9.17) is 4.74 Å². The summed E-state index contributed by atoms with van der Waals surface area (Å²) in [6.07, 6.45) is 0.254. The van der Waals surface area contributed by atoms with E-state index in [2.05, 4.69) is 5.32 Å². The Morgan fingerprint density at radius 1 is 1.00 bits per heavy atom. The van der Waals surface area contributed by atoms with Gasteiger partial charge in [-0.05, 0) is 53.9 Å².